The number of pyridine rings is 1. The molecule has 4 rings (SSSR count). The van der Waals surface area contributed by atoms with Crippen LogP contribution in [0.5, 0.6) is 0 Å². The van der Waals surface area contributed by atoms with E-state index in [0.717, 1.165) is 59.2 Å². The van der Waals surface area contributed by atoms with Crippen LogP contribution in [-0.4, -0.2) is 28.9 Å². The predicted molar refractivity (Wildman–Crippen MR) is 106 cm³/mol. The third-order valence-corrected chi connectivity index (χ3v) is 5.26. The molecule has 0 saturated carbocycles. The zero-order chi connectivity index (χ0) is 18.1. The molecule has 0 radical (unpaired) electrons. The molecule has 3 nitrogen and oxygen atoms in total. The lowest BCUT2D eigenvalue weighted by Gasteiger charge is -2.27. The average molecular weight is 344 g/mol. The van der Waals surface area contributed by atoms with Crippen LogP contribution in [0, 0.1) is 13.8 Å². The van der Waals surface area contributed by atoms with Crippen molar-refractivity contribution in [1.82, 2.24) is 9.88 Å². The van der Waals surface area contributed by atoms with Gasteiger partial charge in [-0.05, 0) is 44.7 Å². The first-order valence-electron chi connectivity index (χ1n) is 9.40. The maximum absolute atomic E-state index is 13.3. The molecule has 3 aromatic rings. The Hall–Kier alpha value is -2.68. The van der Waals surface area contributed by atoms with Gasteiger partial charge in [0.15, 0.2) is 0 Å². The standard InChI is InChI=1S/C23H24N2O/c1-16-9-11-18(12-10-16)21-15-20(23(26)25-13-4-3-5-14-25)19-8-6-7-17(2)22(19)24-21/h6-12,15H,3-5,13-14H2,1-2H3. The first kappa shape index (κ1) is 16.8. The molecule has 26 heavy (non-hydrogen) atoms. The Kier molecular flexibility index (Phi) is 4.46. The minimum atomic E-state index is 0.135. The summed E-state index contributed by atoms with van der Waals surface area (Å²) in [4.78, 5) is 20.2. The summed E-state index contributed by atoms with van der Waals surface area (Å²) in [6.07, 6.45) is 3.41. The molecule has 3 heteroatoms. The number of aromatic nitrogens is 1. The van der Waals surface area contributed by atoms with Gasteiger partial charge in [-0.2, -0.15) is 0 Å². The van der Waals surface area contributed by atoms with Gasteiger partial charge in [0.1, 0.15) is 0 Å². The number of nitrogens with zero attached hydrogens (tertiary/aromatic N) is 2. The molecule has 0 N–H and O–H groups in total. The van der Waals surface area contributed by atoms with Gasteiger partial charge < -0.3 is 4.90 Å². The smallest absolute Gasteiger partial charge is 0.254 e. The van der Waals surface area contributed by atoms with E-state index in [1.54, 1.807) is 0 Å². The Morgan fingerprint density at radius 2 is 1.69 bits per heavy atom. The molecular weight excluding hydrogens is 320 g/mol. The van der Waals surface area contributed by atoms with Gasteiger partial charge in [-0.15, -0.1) is 0 Å². The summed E-state index contributed by atoms with van der Waals surface area (Å²) in [6, 6.07) is 16.4. The van der Waals surface area contributed by atoms with Crippen molar-refractivity contribution >= 4 is 16.8 Å². The fraction of sp³-hybridized carbons (Fsp3) is 0.304. The molecule has 0 bridgehead atoms. The number of aryl methyl sites for hydroxylation is 2. The van der Waals surface area contributed by atoms with Crippen molar-refractivity contribution in [2.24, 2.45) is 0 Å². The molecule has 1 fully saturated rings. The number of rotatable bonds is 2. The summed E-state index contributed by atoms with van der Waals surface area (Å²) < 4.78 is 0. The molecule has 1 saturated heterocycles. The Morgan fingerprint density at radius 1 is 0.962 bits per heavy atom. The molecule has 1 aliphatic heterocycles. The van der Waals surface area contributed by atoms with E-state index < -0.39 is 0 Å². The highest BCUT2D eigenvalue weighted by Crippen LogP contribution is 2.28. The third-order valence-electron chi connectivity index (χ3n) is 5.26. The third kappa shape index (κ3) is 3.10. The molecule has 132 valence electrons. The average Bonchev–Trinajstić information content (AvgIpc) is 2.68. The van der Waals surface area contributed by atoms with E-state index in [0.29, 0.717) is 0 Å². The van der Waals surface area contributed by atoms with Crippen LogP contribution >= 0.6 is 0 Å². The van der Waals surface area contributed by atoms with E-state index in [1.165, 1.54) is 12.0 Å². The topological polar surface area (TPSA) is 33.2 Å². The summed E-state index contributed by atoms with van der Waals surface area (Å²) >= 11 is 0. The fourth-order valence-electron chi connectivity index (χ4n) is 3.71. The van der Waals surface area contributed by atoms with E-state index in [2.05, 4.69) is 44.2 Å². The van der Waals surface area contributed by atoms with Crippen molar-refractivity contribution in [1.29, 1.82) is 0 Å². The van der Waals surface area contributed by atoms with Gasteiger partial charge in [-0.25, -0.2) is 4.98 Å². The summed E-state index contributed by atoms with van der Waals surface area (Å²) in [7, 11) is 0. The van der Waals surface area contributed by atoms with Gasteiger partial charge in [0.05, 0.1) is 16.8 Å². The van der Waals surface area contributed by atoms with Crippen LogP contribution < -0.4 is 0 Å². The Labute approximate surface area is 154 Å². The largest absolute Gasteiger partial charge is 0.339 e. The number of amides is 1. The van der Waals surface area contributed by atoms with Crippen LogP contribution in [0.25, 0.3) is 22.2 Å². The lowest BCUT2D eigenvalue weighted by Crippen LogP contribution is -2.35. The zero-order valence-corrected chi connectivity index (χ0v) is 15.5. The monoisotopic (exact) mass is 344 g/mol. The predicted octanol–water partition coefficient (Wildman–Crippen LogP) is 5.14. The maximum atomic E-state index is 13.3. The quantitative estimate of drug-likeness (QED) is 0.644. The summed E-state index contributed by atoms with van der Waals surface area (Å²) in [5.41, 5.74) is 5.93. The molecule has 0 aliphatic carbocycles. The fourth-order valence-corrected chi connectivity index (χ4v) is 3.71. The summed E-state index contributed by atoms with van der Waals surface area (Å²) in [5, 5.41) is 0.955. The second-order valence-corrected chi connectivity index (χ2v) is 7.25. The van der Waals surface area contributed by atoms with Gasteiger partial charge in [-0.1, -0.05) is 48.0 Å². The highest BCUT2D eigenvalue weighted by molar-refractivity contribution is 6.07. The molecular formula is C23H24N2O. The van der Waals surface area contributed by atoms with Gasteiger partial charge in [0.2, 0.25) is 0 Å². The number of piperidine rings is 1. The maximum Gasteiger partial charge on any atom is 0.254 e. The minimum absolute atomic E-state index is 0.135. The normalized spacial score (nSPS) is 14.6. The van der Waals surface area contributed by atoms with Crippen LogP contribution in [0.2, 0.25) is 0 Å². The zero-order valence-electron chi connectivity index (χ0n) is 15.5. The van der Waals surface area contributed by atoms with Crippen molar-refractivity contribution in [3.8, 4) is 11.3 Å². The van der Waals surface area contributed by atoms with Crippen LogP contribution in [-0.2, 0) is 0 Å². The number of para-hydroxylation sites is 1. The molecule has 1 aromatic heterocycles. The van der Waals surface area contributed by atoms with E-state index in [1.807, 2.05) is 23.1 Å². The number of likely N-dealkylation sites (tertiary alicyclic amines) is 1. The summed E-state index contributed by atoms with van der Waals surface area (Å²) in [6.45, 7) is 5.85. The van der Waals surface area contributed by atoms with Crippen LogP contribution in [0.3, 0.4) is 0 Å². The Bertz CT molecular complexity index is 954. The SMILES string of the molecule is Cc1ccc(-c2cc(C(=O)N3CCCCC3)c3cccc(C)c3n2)cc1. The molecule has 1 aliphatic rings. The molecule has 2 aromatic carbocycles. The van der Waals surface area contributed by atoms with Crippen molar-refractivity contribution in [2.45, 2.75) is 33.1 Å². The van der Waals surface area contributed by atoms with E-state index in [4.69, 9.17) is 4.98 Å². The second kappa shape index (κ2) is 6.91. The number of fused-ring (bicyclic) bond motifs is 1. The number of carbonyl (C=O) groups is 1. The van der Waals surface area contributed by atoms with Crippen LogP contribution in [0.1, 0.15) is 40.7 Å². The molecule has 1 amide bonds. The van der Waals surface area contributed by atoms with Crippen molar-refractivity contribution < 1.29 is 4.79 Å². The lowest BCUT2D eigenvalue weighted by atomic mass is 10.00. The van der Waals surface area contributed by atoms with Gasteiger partial charge in [0, 0.05) is 24.0 Å². The molecule has 0 spiro atoms. The second-order valence-electron chi connectivity index (χ2n) is 7.25. The van der Waals surface area contributed by atoms with Gasteiger partial charge in [0.25, 0.3) is 5.91 Å². The first-order valence-corrected chi connectivity index (χ1v) is 9.40. The Morgan fingerprint density at radius 3 is 2.42 bits per heavy atom. The van der Waals surface area contributed by atoms with Crippen molar-refractivity contribution in [2.75, 3.05) is 13.1 Å². The Balaban J connectivity index is 1.88. The number of benzene rings is 2. The lowest BCUT2D eigenvalue weighted by molar-refractivity contribution is 0.0726. The van der Waals surface area contributed by atoms with Crippen molar-refractivity contribution in [3.05, 3.63) is 65.2 Å². The highest BCUT2D eigenvalue weighted by atomic mass is 16.2. The van der Waals surface area contributed by atoms with Gasteiger partial charge in [-0.3, -0.25) is 4.79 Å². The number of carbonyl (C=O) groups excluding carboxylic acids is 1. The van der Waals surface area contributed by atoms with E-state index in [-0.39, 0.29) is 5.91 Å². The number of hydrogen-bond donors (Lipinski definition) is 0. The molecule has 2 heterocycles. The highest BCUT2D eigenvalue weighted by Gasteiger charge is 2.22. The van der Waals surface area contributed by atoms with Gasteiger partial charge >= 0.3 is 0 Å². The summed E-state index contributed by atoms with van der Waals surface area (Å²) in [5.74, 6) is 0.135. The van der Waals surface area contributed by atoms with Crippen LogP contribution in [0.4, 0.5) is 0 Å². The number of hydrogen-bond acceptors (Lipinski definition) is 2. The molecule has 0 unspecified atom stereocenters. The first-order chi connectivity index (χ1) is 12.6. The van der Waals surface area contributed by atoms with E-state index in [9.17, 15) is 4.79 Å². The van der Waals surface area contributed by atoms with E-state index >= 15 is 0 Å². The van der Waals surface area contributed by atoms with Crippen molar-refractivity contribution in [3.63, 3.8) is 0 Å². The molecule has 0 atom stereocenters. The minimum Gasteiger partial charge on any atom is -0.339 e. The van der Waals surface area contributed by atoms with Crippen LogP contribution in [0.15, 0.2) is 48.5 Å².